The average molecular weight is 370 g/mol. The molecule has 110 valence electrons. The van der Waals surface area contributed by atoms with E-state index in [1.807, 2.05) is 31.2 Å². The Morgan fingerprint density at radius 2 is 2.10 bits per heavy atom. The predicted molar refractivity (Wildman–Crippen MR) is 87.5 cm³/mol. The van der Waals surface area contributed by atoms with Gasteiger partial charge in [-0.25, -0.2) is 0 Å². The van der Waals surface area contributed by atoms with Crippen molar-refractivity contribution in [3.8, 4) is 0 Å². The van der Waals surface area contributed by atoms with Crippen molar-refractivity contribution in [1.82, 2.24) is 5.32 Å². The number of benzene rings is 2. The van der Waals surface area contributed by atoms with Crippen LogP contribution in [0.2, 0.25) is 5.02 Å². The summed E-state index contributed by atoms with van der Waals surface area (Å²) in [6, 6.07) is 12.7. The summed E-state index contributed by atoms with van der Waals surface area (Å²) in [5.74, 6) is 0. The van der Waals surface area contributed by atoms with E-state index in [1.165, 1.54) is 6.07 Å². The van der Waals surface area contributed by atoms with Gasteiger partial charge in [-0.15, -0.1) is 0 Å². The minimum absolute atomic E-state index is 0.0481. The summed E-state index contributed by atoms with van der Waals surface area (Å²) in [7, 11) is 0. The van der Waals surface area contributed by atoms with Gasteiger partial charge < -0.3 is 5.32 Å². The second kappa shape index (κ2) is 7.02. The van der Waals surface area contributed by atoms with Crippen LogP contribution in [-0.4, -0.2) is 4.92 Å². The number of nitro groups is 1. The topological polar surface area (TPSA) is 55.2 Å². The lowest BCUT2D eigenvalue weighted by atomic mass is 10.1. The van der Waals surface area contributed by atoms with Gasteiger partial charge in [0.15, 0.2) is 0 Å². The lowest BCUT2D eigenvalue weighted by Crippen LogP contribution is -2.18. The highest BCUT2D eigenvalue weighted by Crippen LogP contribution is 2.24. The van der Waals surface area contributed by atoms with Gasteiger partial charge >= 0.3 is 0 Å². The molecule has 0 spiro atoms. The van der Waals surface area contributed by atoms with Crippen molar-refractivity contribution in [2.75, 3.05) is 0 Å². The molecular weight excluding hydrogens is 356 g/mol. The minimum atomic E-state index is -0.369. The van der Waals surface area contributed by atoms with E-state index in [1.54, 1.807) is 12.1 Å². The highest BCUT2D eigenvalue weighted by atomic mass is 79.9. The van der Waals surface area contributed by atoms with E-state index in [2.05, 4.69) is 21.2 Å². The highest BCUT2D eigenvalue weighted by molar-refractivity contribution is 9.10. The molecule has 0 saturated carbocycles. The summed E-state index contributed by atoms with van der Waals surface area (Å²) in [4.78, 5) is 10.7. The van der Waals surface area contributed by atoms with Crippen LogP contribution < -0.4 is 5.32 Å². The van der Waals surface area contributed by atoms with Gasteiger partial charge in [-0.2, -0.15) is 0 Å². The fourth-order valence-electron chi connectivity index (χ4n) is 2.01. The van der Waals surface area contributed by atoms with E-state index in [4.69, 9.17) is 11.6 Å². The summed E-state index contributed by atoms with van der Waals surface area (Å²) in [5.41, 5.74) is 1.80. The Balaban J connectivity index is 2.11. The first-order chi connectivity index (χ1) is 9.97. The maximum Gasteiger partial charge on any atom is 0.275 e. The maximum absolute atomic E-state index is 11.1. The summed E-state index contributed by atoms with van der Waals surface area (Å²) in [5, 5.41) is 15.0. The molecule has 1 atom stereocenters. The van der Waals surface area contributed by atoms with Gasteiger partial charge in [0, 0.05) is 33.7 Å². The van der Waals surface area contributed by atoms with Crippen molar-refractivity contribution in [3.63, 3.8) is 0 Å². The summed E-state index contributed by atoms with van der Waals surface area (Å²) in [6.07, 6.45) is 0. The van der Waals surface area contributed by atoms with Crippen LogP contribution in [0.25, 0.3) is 0 Å². The predicted octanol–water partition coefficient (Wildman–Crippen LogP) is 4.86. The van der Waals surface area contributed by atoms with E-state index in [0.29, 0.717) is 21.6 Å². The zero-order valence-electron chi connectivity index (χ0n) is 11.3. The second-order valence-corrected chi connectivity index (χ2v) is 6.04. The zero-order chi connectivity index (χ0) is 15.4. The molecule has 0 radical (unpaired) electrons. The quantitative estimate of drug-likeness (QED) is 0.605. The van der Waals surface area contributed by atoms with Crippen molar-refractivity contribution in [3.05, 3.63) is 73.2 Å². The van der Waals surface area contributed by atoms with Crippen LogP contribution >= 0.6 is 27.5 Å². The first-order valence-corrected chi connectivity index (χ1v) is 7.56. The molecule has 0 bridgehead atoms. The molecule has 0 aliphatic rings. The van der Waals surface area contributed by atoms with Gasteiger partial charge in [-0.05, 0) is 36.8 Å². The smallest absolute Gasteiger partial charge is 0.275 e. The third-order valence-electron chi connectivity index (χ3n) is 3.19. The Morgan fingerprint density at radius 3 is 2.76 bits per heavy atom. The summed E-state index contributed by atoms with van der Waals surface area (Å²) >= 11 is 9.22. The van der Waals surface area contributed by atoms with Crippen LogP contribution in [0.4, 0.5) is 5.69 Å². The molecule has 0 fully saturated rings. The Hall–Kier alpha value is -1.43. The highest BCUT2D eigenvalue weighted by Gasteiger charge is 2.15. The van der Waals surface area contributed by atoms with Gasteiger partial charge in [0.25, 0.3) is 5.69 Å². The number of hydrogen-bond acceptors (Lipinski definition) is 3. The van der Waals surface area contributed by atoms with E-state index >= 15 is 0 Å². The van der Waals surface area contributed by atoms with E-state index in [0.717, 1.165) is 5.56 Å². The first-order valence-electron chi connectivity index (χ1n) is 6.39. The number of nitrogens with one attached hydrogen (secondary N) is 1. The van der Waals surface area contributed by atoms with E-state index in [9.17, 15) is 10.1 Å². The molecular formula is C15H14BrClN2O2. The Bertz CT molecular complexity index is 664. The van der Waals surface area contributed by atoms with Crippen molar-refractivity contribution in [1.29, 1.82) is 0 Å². The molecule has 0 aliphatic carbocycles. The molecule has 21 heavy (non-hydrogen) atoms. The molecule has 0 aromatic heterocycles. The third-order valence-corrected chi connectivity index (χ3v) is 3.92. The van der Waals surface area contributed by atoms with E-state index < -0.39 is 0 Å². The fraction of sp³-hybridized carbons (Fsp3) is 0.200. The average Bonchev–Trinajstić information content (AvgIpc) is 2.45. The SMILES string of the molecule is C[C@H](NCc1ccc(Br)cc1[N+](=O)[O-])c1cccc(Cl)c1. The first kappa shape index (κ1) is 15.9. The van der Waals surface area contributed by atoms with Gasteiger partial charge in [0.05, 0.1) is 4.92 Å². The minimum Gasteiger partial charge on any atom is -0.306 e. The standard InChI is InChI=1S/C15H14BrClN2O2/c1-10(11-3-2-4-14(17)7-11)18-9-12-5-6-13(16)8-15(12)19(20)21/h2-8,10,18H,9H2,1H3/t10-/m0/s1. The lowest BCUT2D eigenvalue weighted by Gasteiger charge is -2.14. The monoisotopic (exact) mass is 368 g/mol. The van der Waals surface area contributed by atoms with Crippen molar-refractivity contribution in [2.45, 2.75) is 19.5 Å². The molecule has 0 unspecified atom stereocenters. The number of rotatable bonds is 5. The molecule has 0 saturated heterocycles. The molecule has 6 heteroatoms. The molecule has 0 aliphatic heterocycles. The Labute approximate surface area is 136 Å². The second-order valence-electron chi connectivity index (χ2n) is 4.69. The number of nitrogens with zero attached hydrogens (tertiary/aromatic N) is 1. The van der Waals surface area contributed by atoms with Crippen LogP contribution in [0.1, 0.15) is 24.1 Å². The summed E-state index contributed by atoms with van der Waals surface area (Å²) < 4.78 is 0.695. The Morgan fingerprint density at radius 1 is 1.33 bits per heavy atom. The Kier molecular flexibility index (Phi) is 5.33. The largest absolute Gasteiger partial charge is 0.306 e. The number of nitro benzene ring substituents is 1. The normalized spacial score (nSPS) is 12.1. The maximum atomic E-state index is 11.1. The van der Waals surface area contributed by atoms with Gasteiger partial charge in [-0.3, -0.25) is 10.1 Å². The lowest BCUT2D eigenvalue weighted by molar-refractivity contribution is -0.385. The van der Waals surface area contributed by atoms with Gasteiger partial charge in [0.2, 0.25) is 0 Å². The zero-order valence-corrected chi connectivity index (χ0v) is 13.7. The van der Waals surface area contributed by atoms with Crippen LogP contribution in [0, 0.1) is 10.1 Å². The molecule has 0 heterocycles. The summed E-state index contributed by atoms with van der Waals surface area (Å²) in [6.45, 7) is 2.41. The van der Waals surface area contributed by atoms with Crippen LogP contribution in [0.5, 0.6) is 0 Å². The van der Waals surface area contributed by atoms with Gasteiger partial charge in [-0.1, -0.05) is 39.7 Å². The van der Waals surface area contributed by atoms with Gasteiger partial charge in [0.1, 0.15) is 0 Å². The van der Waals surface area contributed by atoms with E-state index in [-0.39, 0.29) is 16.7 Å². The van der Waals surface area contributed by atoms with Crippen molar-refractivity contribution in [2.24, 2.45) is 0 Å². The molecule has 1 N–H and O–H groups in total. The van der Waals surface area contributed by atoms with Crippen LogP contribution in [-0.2, 0) is 6.54 Å². The molecule has 4 nitrogen and oxygen atoms in total. The molecule has 0 amide bonds. The molecule has 2 rings (SSSR count). The van der Waals surface area contributed by atoms with Crippen molar-refractivity contribution < 1.29 is 4.92 Å². The van der Waals surface area contributed by atoms with Crippen LogP contribution in [0.3, 0.4) is 0 Å². The van der Waals surface area contributed by atoms with Crippen LogP contribution in [0.15, 0.2) is 46.9 Å². The number of halogens is 2. The fourth-order valence-corrected chi connectivity index (χ4v) is 2.56. The third kappa shape index (κ3) is 4.27. The van der Waals surface area contributed by atoms with Crippen molar-refractivity contribution >= 4 is 33.2 Å². The molecule has 2 aromatic carbocycles. The number of hydrogen-bond donors (Lipinski definition) is 1. The molecule has 2 aromatic rings.